The van der Waals surface area contributed by atoms with Crippen molar-refractivity contribution < 1.29 is 5.11 Å². The number of aryl methyl sites for hydroxylation is 1. The van der Waals surface area contributed by atoms with Gasteiger partial charge in [0, 0.05) is 0 Å². The Bertz CT molecular complexity index is 283. The topological polar surface area (TPSA) is 20.2 Å². The fourth-order valence-corrected chi connectivity index (χ4v) is 1.56. The maximum atomic E-state index is 9.83. The van der Waals surface area contributed by atoms with Crippen molar-refractivity contribution in [1.29, 1.82) is 0 Å². The second-order valence-electron chi connectivity index (χ2n) is 3.59. The summed E-state index contributed by atoms with van der Waals surface area (Å²) in [6.07, 6.45) is 1.59. The van der Waals surface area contributed by atoms with Crippen molar-refractivity contribution in [3.05, 3.63) is 29.3 Å². The molecular formula is C11H17BO. The molecule has 0 fully saturated rings. The van der Waals surface area contributed by atoms with Gasteiger partial charge < -0.3 is 5.11 Å². The molecule has 0 unspecified atom stereocenters. The molecule has 0 aliphatic rings. The third kappa shape index (κ3) is 2.34. The van der Waals surface area contributed by atoms with Crippen LogP contribution in [-0.2, 0) is 0 Å². The predicted octanol–water partition coefficient (Wildman–Crippen LogP) is 1.09. The molecule has 0 spiro atoms. The van der Waals surface area contributed by atoms with Crippen LogP contribution < -0.4 is 5.46 Å². The van der Waals surface area contributed by atoms with Crippen molar-refractivity contribution in [1.82, 2.24) is 0 Å². The second-order valence-corrected chi connectivity index (χ2v) is 3.59. The van der Waals surface area contributed by atoms with E-state index in [0.717, 1.165) is 18.4 Å². The normalized spacial score (nSPS) is 12.8. The second kappa shape index (κ2) is 4.47. The Hall–Kier alpha value is -0.755. The molecule has 0 heterocycles. The molecule has 1 N–H and O–H groups in total. The number of hydrogen-bond acceptors (Lipinski definition) is 1. The van der Waals surface area contributed by atoms with Crippen molar-refractivity contribution in [3.63, 3.8) is 0 Å². The Labute approximate surface area is 81.2 Å². The number of aliphatic hydroxyl groups excluding tert-OH is 1. The van der Waals surface area contributed by atoms with E-state index in [1.165, 1.54) is 11.0 Å². The van der Waals surface area contributed by atoms with Crippen molar-refractivity contribution in [2.75, 3.05) is 0 Å². The largest absolute Gasteiger partial charge is 0.388 e. The minimum absolute atomic E-state index is 0.287. The molecular weight excluding hydrogens is 159 g/mol. The Kier molecular flexibility index (Phi) is 3.55. The van der Waals surface area contributed by atoms with Gasteiger partial charge in [-0.3, -0.25) is 0 Å². The summed E-state index contributed by atoms with van der Waals surface area (Å²) in [4.78, 5) is 0. The first-order chi connectivity index (χ1) is 6.16. The average Bonchev–Trinajstić information content (AvgIpc) is 2.10. The van der Waals surface area contributed by atoms with E-state index in [1.807, 2.05) is 12.1 Å². The molecule has 0 aliphatic carbocycles. The maximum Gasteiger partial charge on any atom is 0.140 e. The van der Waals surface area contributed by atoms with Gasteiger partial charge in [-0.1, -0.05) is 42.6 Å². The minimum Gasteiger partial charge on any atom is -0.388 e. The van der Waals surface area contributed by atoms with E-state index in [4.69, 9.17) is 0 Å². The van der Waals surface area contributed by atoms with Crippen LogP contribution in [-0.4, -0.2) is 13.0 Å². The third-order valence-electron chi connectivity index (χ3n) is 2.57. The van der Waals surface area contributed by atoms with Gasteiger partial charge in [-0.2, -0.15) is 0 Å². The zero-order valence-corrected chi connectivity index (χ0v) is 8.67. The van der Waals surface area contributed by atoms with Crippen LogP contribution in [0.15, 0.2) is 18.2 Å². The Morgan fingerprint density at radius 2 is 2.15 bits per heavy atom. The molecule has 1 atom stereocenters. The van der Waals surface area contributed by atoms with E-state index in [2.05, 4.69) is 27.8 Å². The third-order valence-corrected chi connectivity index (χ3v) is 2.57. The van der Waals surface area contributed by atoms with E-state index in [9.17, 15) is 5.11 Å². The van der Waals surface area contributed by atoms with E-state index in [0.29, 0.717) is 0 Å². The SMILES string of the molecule is Bc1c(C)cccc1[C@H](O)CCC. The molecule has 2 heteroatoms. The van der Waals surface area contributed by atoms with Crippen molar-refractivity contribution in [2.24, 2.45) is 0 Å². The first-order valence-corrected chi connectivity index (χ1v) is 4.91. The van der Waals surface area contributed by atoms with Gasteiger partial charge in [0.2, 0.25) is 0 Å². The Morgan fingerprint density at radius 3 is 2.77 bits per heavy atom. The highest BCUT2D eigenvalue weighted by molar-refractivity contribution is 6.34. The van der Waals surface area contributed by atoms with Crippen LogP contribution in [0, 0.1) is 6.92 Å². The molecule has 0 radical (unpaired) electrons. The summed E-state index contributed by atoms with van der Waals surface area (Å²) >= 11 is 0. The summed E-state index contributed by atoms with van der Waals surface area (Å²) in [5, 5.41) is 9.83. The molecule has 0 saturated carbocycles. The molecule has 0 amide bonds. The van der Waals surface area contributed by atoms with Gasteiger partial charge in [-0.15, -0.1) is 0 Å². The van der Waals surface area contributed by atoms with E-state index in [1.54, 1.807) is 0 Å². The van der Waals surface area contributed by atoms with Crippen LogP contribution in [0.1, 0.15) is 37.0 Å². The van der Waals surface area contributed by atoms with Gasteiger partial charge in [0.15, 0.2) is 0 Å². The number of benzene rings is 1. The van der Waals surface area contributed by atoms with Crippen molar-refractivity contribution in [3.8, 4) is 0 Å². The van der Waals surface area contributed by atoms with Crippen LogP contribution in [0.5, 0.6) is 0 Å². The van der Waals surface area contributed by atoms with Gasteiger partial charge in [-0.05, 0) is 18.9 Å². The fraction of sp³-hybridized carbons (Fsp3) is 0.455. The van der Waals surface area contributed by atoms with Crippen LogP contribution in [0.2, 0.25) is 0 Å². The summed E-state index contributed by atoms with van der Waals surface area (Å²) in [5.74, 6) is 0. The van der Waals surface area contributed by atoms with Gasteiger partial charge in [0.25, 0.3) is 0 Å². The Balaban J connectivity index is 2.93. The van der Waals surface area contributed by atoms with E-state index >= 15 is 0 Å². The molecule has 1 aromatic rings. The lowest BCUT2D eigenvalue weighted by Crippen LogP contribution is -2.17. The predicted molar refractivity (Wildman–Crippen MR) is 59.2 cm³/mol. The zero-order chi connectivity index (χ0) is 9.84. The summed E-state index contributed by atoms with van der Waals surface area (Å²) in [6.45, 7) is 4.17. The maximum absolute atomic E-state index is 9.83. The Morgan fingerprint density at radius 1 is 1.46 bits per heavy atom. The van der Waals surface area contributed by atoms with Gasteiger partial charge in [0.1, 0.15) is 7.85 Å². The average molecular weight is 176 g/mol. The lowest BCUT2D eigenvalue weighted by atomic mass is 9.83. The van der Waals surface area contributed by atoms with E-state index in [-0.39, 0.29) is 6.10 Å². The highest BCUT2D eigenvalue weighted by atomic mass is 16.3. The zero-order valence-electron chi connectivity index (χ0n) is 8.67. The molecule has 0 bridgehead atoms. The minimum atomic E-state index is -0.287. The lowest BCUT2D eigenvalue weighted by Gasteiger charge is -2.14. The molecule has 1 rings (SSSR count). The molecule has 1 nitrogen and oxygen atoms in total. The summed E-state index contributed by atoms with van der Waals surface area (Å²) in [6, 6.07) is 6.11. The van der Waals surface area contributed by atoms with Crippen LogP contribution >= 0.6 is 0 Å². The first kappa shape index (κ1) is 10.3. The number of aliphatic hydroxyl groups is 1. The summed E-state index contributed by atoms with van der Waals surface area (Å²) in [5.41, 5.74) is 3.57. The highest BCUT2D eigenvalue weighted by Crippen LogP contribution is 2.16. The molecule has 0 saturated heterocycles. The lowest BCUT2D eigenvalue weighted by molar-refractivity contribution is 0.167. The van der Waals surface area contributed by atoms with Crippen molar-refractivity contribution >= 4 is 13.3 Å². The van der Waals surface area contributed by atoms with Gasteiger partial charge in [-0.25, -0.2) is 0 Å². The number of hydrogen-bond donors (Lipinski definition) is 1. The molecule has 70 valence electrons. The van der Waals surface area contributed by atoms with Crippen molar-refractivity contribution in [2.45, 2.75) is 32.8 Å². The highest BCUT2D eigenvalue weighted by Gasteiger charge is 2.09. The van der Waals surface area contributed by atoms with Gasteiger partial charge >= 0.3 is 0 Å². The summed E-state index contributed by atoms with van der Waals surface area (Å²) in [7, 11) is 2.07. The van der Waals surface area contributed by atoms with Crippen LogP contribution in [0.25, 0.3) is 0 Å². The smallest absolute Gasteiger partial charge is 0.140 e. The number of rotatable bonds is 3. The molecule has 13 heavy (non-hydrogen) atoms. The van der Waals surface area contributed by atoms with E-state index < -0.39 is 0 Å². The fourth-order valence-electron chi connectivity index (χ4n) is 1.56. The monoisotopic (exact) mass is 176 g/mol. The molecule has 0 aromatic heterocycles. The van der Waals surface area contributed by atoms with Gasteiger partial charge in [0.05, 0.1) is 6.10 Å². The molecule has 0 aliphatic heterocycles. The first-order valence-electron chi connectivity index (χ1n) is 4.91. The van der Waals surface area contributed by atoms with Crippen LogP contribution in [0.3, 0.4) is 0 Å². The quantitative estimate of drug-likeness (QED) is 0.683. The van der Waals surface area contributed by atoms with Crippen LogP contribution in [0.4, 0.5) is 0 Å². The standard InChI is InChI=1S/C11H17BO/c1-3-5-10(13)9-7-4-6-8(2)11(9)12/h4,6-7,10,13H,3,5,12H2,1-2H3/t10-/m1/s1. The summed E-state index contributed by atoms with van der Waals surface area (Å²) < 4.78 is 0. The molecule has 1 aromatic carbocycles.